The van der Waals surface area contributed by atoms with E-state index in [1.807, 2.05) is 30.8 Å². The van der Waals surface area contributed by atoms with Gasteiger partial charge in [-0.2, -0.15) is 15.3 Å². The summed E-state index contributed by atoms with van der Waals surface area (Å²) < 4.78 is 1.92. The average Bonchev–Trinajstić information content (AvgIpc) is 2.62. The third-order valence-electron chi connectivity index (χ3n) is 3.21. The van der Waals surface area contributed by atoms with E-state index in [0.717, 1.165) is 11.4 Å². The van der Waals surface area contributed by atoms with E-state index in [0.29, 0.717) is 6.54 Å². The van der Waals surface area contributed by atoms with Gasteiger partial charge < -0.3 is 5.32 Å². The van der Waals surface area contributed by atoms with Crippen molar-refractivity contribution in [1.29, 1.82) is 0 Å². The normalized spacial score (nSPS) is 12.7. The van der Waals surface area contributed by atoms with E-state index >= 15 is 0 Å². The van der Waals surface area contributed by atoms with Crippen LogP contribution in [0.25, 0.3) is 0 Å². The molecule has 0 radical (unpaired) electrons. The van der Waals surface area contributed by atoms with Crippen molar-refractivity contribution in [1.82, 2.24) is 25.3 Å². The molecule has 2 rings (SSSR count). The summed E-state index contributed by atoms with van der Waals surface area (Å²) in [4.78, 5) is 0. The SMILES string of the molecule is Cc1nn(C)c(C)c1C(C)NCc1cccnn1. The molecule has 1 unspecified atom stereocenters. The first-order valence-corrected chi connectivity index (χ1v) is 6.09. The van der Waals surface area contributed by atoms with Crippen LogP contribution in [0.1, 0.15) is 35.6 Å². The summed E-state index contributed by atoms with van der Waals surface area (Å²) in [5.74, 6) is 0. The number of aryl methyl sites for hydroxylation is 2. The molecule has 18 heavy (non-hydrogen) atoms. The first-order valence-electron chi connectivity index (χ1n) is 6.09. The number of aromatic nitrogens is 4. The second-order valence-corrected chi connectivity index (χ2v) is 4.53. The minimum absolute atomic E-state index is 0.251. The smallest absolute Gasteiger partial charge is 0.0769 e. The number of rotatable bonds is 4. The van der Waals surface area contributed by atoms with Gasteiger partial charge in [-0.1, -0.05) is 0 Å². The number of hydrogen-bond acceptors (Lipinski definition) is 4. The average molecular weight is 245 g/mol. The molecular weight excluding hydrogens is 226 g/mol. The second kappa shape index (κ2) is 5.27. The van der Waals surface area contributed by atoms with E-state index < -0.39 is 0 Å². The minimum atomic E-state index is 0.251. The monoisotopic (exact) mass is 245 g/mol. The van der Waals surface area contributed by atoms with Crippen molar-refractivity contribution in [2.24, 2.45) is 7.05 Å². The third kappa shape index (κ3) is 2.56. The molecule has 0 bridgehead atoms. The van der Waals surface area contributed by atoms with E-state index in [1.54, 1.807) is 6.20 Å². The minimum Gasteiger partial charge on any atom is -0.304 e. The predicted octanol–water partition coefficient (Wildman–Crippen LogP) is 1.68. The maximum Gasteiger partial charge on any atom is 0.0769 e. The number of nitrogens with zero attached hydrogens (tertiary/aromatic N) is 4. The molecule has 0 spiro atoms. The fourth-order valence-corrected chi connectivity index (χ4v) is 2.20. The lowest BCUT2D eigenvalue weighted by molar-refractivity contribution is 0.558. The molecule has 0 aliphatic heterocycles. The summed E-state index contributed by atoms with van der Waals surface area (Å²) >= 11 is 0. The Labute approximate surface area is 107 Å². The van der Waals surface area contributed by atoms with Crippen LogP contribution >= 0.6 is 0 Å². The van der Waals surface area contributed by atoms with Gasteiger partial charge in [0.2, 0.25) is 0 Å². The maximum atomic E-state index is 4.44. The summed E-state index contributed by atoms with van der Waals surface area (Å²) in [6.07, 6.45) is 1.68. The van der Waals surface area contributed by atoms with Gasteiger partial charge in [0.15, 0.2) is 0 Å². The molecule has 0 amide bonds. The van der Waals surface area contributed by atoms with E-state index in [-0.39, 0.29) is 6.04 Å². The standard InChI is InChI=1S/C13H19N5/c1-9(13-10(2)17-18(4)11(13)3)14-8-12-6-5-7-15-16-12/h5-7,9,14H,8H2,1-4H3. The van der Waals surface area contributed by atoms with Gasteiger partial charge in [0, 0.05) is 37.1 Å². The molecule has 0 saturated heterocycles. The molecule has 0 fully saturated rings. The quantitative estimate of drug-likeness (QED) is 0.890. The third-order valence-corrected chi connectivity index (χ3v) is 3.21. The largest absolute Gasteiger partial charge is 0.304 e. The van der Waals surface area contributed by atoms with Gasteiger partial charge in [0.05, 0.1) is 11.4 Å². The van der Waals surface area contributed by atoms with Crippen molar-refractivity contribution < 1.29 is 0 Å². The van der Waals surface area contributed by atoms with E-state index in [2.05, 4.69) is 34.5 Å². The molecular formula is C13H19N5. The number of hydrogen-bond donors (Lipinski definition) is 1. The highest BCUT2D eigenvalue weighted by Gasteiger charge is 2.15. The molecule has 0 aliphatic rings. The van der Waals surface area contributed by atoms with E-state index in [4.69, 9.17) is 0 Å². The van der Waals surface area contributed by atoms with Crippen LogP contribution in [0, 0.1) is 13.8 Å². The van der Waals surface area contributed by atoms with Gasteiger partial charge in [-0.25, -0.2) is 0 Å². The molecule has 0 aliphatic carbocycles. The van der Waals surface area contributed by atoms with Crippen LogP contribution in [0.2, 0.25) is 0 Å². The van der Waals surface area contributed by atoms with Gasteiger partial charge in [0.1, 0.15) is 0 Å². The van der Waals surface area contributed by atoms with Crippen molar-refractivity contribution in [3.8, 4) is 0 Å². The van der Waals surface area contributed by atoms with E-state index in [1.165, 1.54) is 11.3 Å². The topological polar surface area (TPSA) is 55.6 Å². The van der Waals surface area contributed by atoms with Crippen LogP contribution in [0.5, 0.6) is 0 Å². The van der Waals surface area contributed by atoms with Crippen molar-refractivity contribution in [3.63, 3.8) is 0 Å². The molecule has 0 saturated carbocycles. The fraction of sp³-hybridized carbons (Fsp3) is 0.462. The highest BCUT2D eigenvalue weighted by molar-refractivity contribution is 5.27. The van der Waals surface area contributed by atoms with Crippen LogP contribution in [-0.2, 0) is 13.6 Å². The molecule has 96 valence electrons. The Hall–Kier alpha value is -1.75. The Morgan fingerprint density at radius 2 is 2.17 bits per heavy atom. The lowest BCUT2D eigenvalue weighted by atomic mass is 10.1. The lowest BCUT2D eigenvalue weighted by Gasteiger charge is -2.14. The predicted molar refractivity (Wildman–Crippen MR) is 70.0 cm³/mol. The first kappa shape index (κ1) is 12.7. The molecule has 0 aromatic carbocycles. The molecule has 5 heteroatoms. The van der Waals surface area contributed by atoms with Gasteiger partial charge in [0.25, 0.3) is 0 Å². The van der Waals surface area contributed by atoms with Gasteiger partial charge in [-0.05, 0) is 32.9 Å². The highest BCUT2D eigenvalue weighted by Crippen LogP contribution is 2.20. The van der Waals surface area contributed by atoms with Crippen LogP contribution in [-0.4, -0.2) is 20.0 Å². The Balaban J connectivity index is 2.06. The van der Waals surface area contributed by atoms with Crippen molar-refractivity contribution >= 4 is 0 Å². The van der Waals surface area contributed by atoms with Crippen molar-refractivity contribution in [3.05, 3.63) is 41.0 Å². The number of nitrogens with one attached hydrogen (secondary N) is 1. The zero-order valence-corrected chi connectivity index (χ0v) is 11.3. The van der Waals surface area contributed by atoms with Gasteiger partial charge in [-0.15, -0.1) is 0 Å². The summed E-state index contributed by atoms with van der Waals surface area (Å²) in [7, 11) is 1.97. The van der Waals surface area contributed by atoms with Crippen LogP contribution in [0.3, 0.4) is 0 Å². The maximum absolute atomic E-state index is 4.44. The summed E-state index contributed by atoms with van der Waals surface area (Å²) in [6.45, 7) is 6.99. The van der Waals surface area contributed by atoms with E-state index in [9.17, 15) is 0 Å². The van der Waals surface area contributed by atoms with Gasteiger partial charge >= 0.3 is 0 Å². The van der Waals surface area contributed by atoms with Crippen LogP contribution in [0.4, 0.5) is 0 Å². The summed E-state index contributed by atoms with van der Waals surface area (Å²) in [5.41, 5.74) is 4.49. The summed E-state index contributed by atoms with van der Waals surface area (Å²) in [6, 6.07) is 4.12. The van der Waals surface area contributed by atoms with Crippen LogP contribution < -0.4 is 5.32 Å². The molecule has 2 heterocycles. The Morgan fingerprint density at radius 1 is 1.39 bits per heavy atom. The zero-order chi connectivity index (χ0) is 13.1. The van der Waals surface area contributed by atoms with Crippen LogP contribution in [0.15, 0.2) is 18.3 Å². The molecule has 2 aromatic rings. The molecule has 5 nitrogen and oxygen atoms in total. The summed E-state index contributed by atoms with van der Waals surface area (Å²) in [5, 5.41) is 15.8. The fourth-order valence-electron chi connectivity index (χ4n) is 2.20. The second-order valence-electron chi connectivity index (χ2n) is 4.53. The molecule has 1 atom stereocenters. The Kier molecular flexibility index (Phi) is 3.72. The van der Waals surface area contributed by atoms with Crippen molar-refractivity contribution in [2.75, 3.05) is 0 Å². The van der Waals surface area contributed by atoms with Gasteiger partial charge in [-0.3, -0.25) is 4.68 Å². The molecule has 2 aromatic heterocycles. The zero-order valence-electron chi connectivity index (χ0n) is 11.3. The Morgan fingerprint density at radius 3 is 2.72 bits per heavy atom. The Bertz CT molecular complexity index is 518. The first-order chi connectivity index (χ1) is 8.59. The molecule has 1 N–H and O–H groups in total. The van der Waals surface area contributed by atoms with Crippen molar-refractivity contribution in [2.45, 2.75) is 33.4 Å². The highest BCUT2D eigenvalue weighted by atomic mass is 15.3. The lowest BCUT2D eigenvalue weighted by Crippen LogP contribution is -2.20.